The van der Waals surface area contributed by atoms with Gasteiger partial charge in [0.25, 0.3) is 0 Å². The van der Waals surface area contributed by atoms with Crippen LogP contribution in [0.2, 0.25) is 0 Å². The minimum atomic E-state index is 0.0998. The number of benzene rings is 1. The van der Waals surface area contributed by atoms with Crippen LogP contribution in [-0.2, 0) is 0 Å². The Balaban J connectivity index is 2.87. The van der Waals surface area contributed by atoms with E-state index in [4.69, 9.17) is 5.11 Å². The van der Waals surface area contributed by atoms with Gasteiger partial charge in [-0.25, -0.2) is 0 Å². The highest BCUT2D eigenvalue weighted by atomic mass is 16.3. The molecule has 1 atom stereocenters. The highest BCUT2D eigenvalue weighted by molar-refractivity contribution is 5.79. The lowest BCUT2D eigenvalue weighted by molar-refractivity contribution is 0.224. The molecule has 0 heterocycles. The molecule has 124 valence electrons. The SMILES string of the molecule is CCNC(=NCC(c1ccccc1)N(CC)CC)NCCO. The topological polar surface area (TPSA) is 59.9 Å². The van der Waals surface area contributed by atoms with Gasteiger partial charge in [-0.3, -0.25) is 9.89 Å². The van der Waals surface area contributed by atoms with E-state index in [0.29, 0.717) is 13.1 Å². The van der Waals surface area contributed by atoms with Gasteiger partial charge in [-0.1, -0.05) is 44.2 Å². The normalized spacial score (nSPS) is 13.2. The summed E-state index contributed by atoms with van der Waals surface area (Å²) in [6.07, 6.45) is 0. The second-order valence-electron chi connectivity index (χ2n) is 5.02. The van der Waals surface area contributed by atoms with Crippen LogP contribution in [0.1, 0.15) is 32.4 Å². The van der Waals surface area contributed by atoms with Crippen LogP contribution in [0.3, 0.4) is 0 Å². The highest BCUT2D eigenvalue weighted by Gasteiger charge is 2.17. The van der Waals surface area contributed by atoms with Crippen LogP contribution in [0, 0.1) is 0 Å². The van der Waals surface area contributed by atoms with E-state index in [1.54, 1.807) is 0 Å². The van der Waals surface area contributed by atoms with Crippen molar-refractivity contribution in [3.8, 4) is 0 Å². The van der Waals surface area contributed by atoms with Crippen molar-refractivity contribution in [2.75, 3.05) is 39.3 Å². The number of nitrogens with zero attached hydrogens (tertiary/aromatic N) is 2. The Labute approximate surface area is 134 Å². The number of aliphatic hydroxyl groups is 1. The minimum absolute atomic E-state index is 0.0998. The van der Waals surface area contributed by atoms with E-state index in [1.807, 2.05) is 13.0 Å². The van der Waals surface area contributed by atoms with Crippen LogP contribution >= 0.6 is 0 Å². The van der Waals surface area contributed by atoms with Crippen LogP contribution in [-0.4, -0.2) is 55.3 Å². The molecule has 5 nitrogen and oxygen atoms in total. The van der Waals surface area contributed by atoms with E-state index in [-0.39, 0.29) is 12.6 Å². The lowest BCUT2D eigenvalue weighted by atomic mass is 10.1. The summed E-state index contributed by atoms with van der Waals surface area (Å²) in [4.78, 5) is 7.10. The van der Waals surface area contributed by atoms with E-state index < -0.39 is 0 Å². The van der Waals surface area contributed by atoms with Gasteiger partial charge in [-0.05, 0) is 25.6 Å². The molecule has 1 aromatic rings. The summed E-state index contributed by atoms with van der Waals surface area (Å²) in [6, 6.07) is 10.8. The van der Waals surface area contributed by atoms with Crippen LogP contribution < -0.4 is 10.6 Å². The maximum atomic E-state index is 8.95. The van der Waals surface area contributed by atoms with Crippen LogP contribution in [0.4, 0.5) is 0 Å². The lowest BCUT2D eigenvalue weighted by Gasteiger charge is -2.29. The maximum absolute atomic E-state index is 8.95. The van der Waals surface area contributed by atoms with Gasteiger partial charge in [0.05, 0.1) is 19.2 Å². The van der Waals surface area contributed by atoms with Crippen molar-refractivity contribution >= 4 is 5.96 Å². The highest BCUT2D eigenvalue weighted by Crippen LogP contribution is 2.20. The molecule has 0 spiro atoms. The second kappa shape index (κ2) is 11.0. The molecule has 3 N–H and O–H groups in total. The summed E-state index contributed by atoms with van der Waals surface area (Å²) in [7, 11) is 0. The van der Waals surface area contributed by atoms with Gasteiger partial charge in [0.2, 0.25) is 0 Å². The van der Waals surface area contributed by atoms with E-state index >= 15 is 0 Å². The number of hydrogen-bond acceptors (Lipinski definition) is 3. The van der Waals surface area contributed by atoms with Gasteiger partial charge in [-0.15, -0.1) is 0 Å². The molecule has 5 heteroatoms. The largest absolute Gasteiger partial charge is 0.395 e. The predicted molar refractivity (Wildman–Crippen MR) is 93.2 cm³/mol. The van der Waals surface area contributed by atoms with Crippen molar-refractivity contribution in [3.05, 3.63) is 35.9 Å². The molecule has 0 bridgehead atoms. The summed E-state index contributed by atoms with van der Waals surface area (Å²) in [5.74, 6) is 0.754. The first-order valence-electron chi connectivity index (χ1n) is 8.18. The smallest absolute Gasteiger partial charge is 0.191 e. The van der Waals surface area contributed by atoms with Gasteiger partial charge in [0.1, 0.15) is 0 Å². The van der Waals surface area contributed by atoms with Crippen molar-refractivity contribution in [1.29, 1.82) is 0 Å². The first kappa shape index (κ1) is 18.5. The Morgan fingerprint density at radius 1 is 1.14 bits per heavy atom. The average Bonchev–Trinajstić information content (AvgIpc) is 2.57. The molecule has 0 saturated carbocycles. The third-order valence-corrected chi connectivity index (χ3v) is 3.61. The Morgan fingerprint density at radius 2 is 1.82 bits per heavy atom. The van der Waals surface area contributed by atoms with E-state index in [2.05, 4.69) is 58.6 Å². The fraction of sp³-hybridized carbons (Fsp3) is 0.588. The van der Waals surface area contributed by atoms with Gasteiger partial charge < -0.3 is 15.7 Å². The molecule has 22 heavy (non-hydrogen) atoms. The number of guanidine groups is 1. The lowest BCUT2D eigenvalue weighted by Crippen LogP contribution is -2.39. The molecule has 0 amide bonds. The molecule has 0 aliphatic heterocycles. The molecule has 0 fully saturated rings. The monoisotopic (exact) mass is 306 g/mol. The molecule has 0 aromatic heterocycles. The van der Waals surface area contributed by atoms with Gasteiger partial charge in [0, 0.05) is 13.1 Å². The van der Waals surface area contributed by atoms with E-state index in [0.717, 1.165) is 25.6 Å². The fourth-order valence-electron chi connectivity index (χ4n) is 2.47. The van der Waals surface area contributed by atoms with Crippen molar-refractivity contribution < 1.29 is 5.11 Å². The molecular formula is C17H30N4O. The molecule has 0 saturated heterocycles. The molecule has 0 aliphatic rings. The molecule has 0 aliphatic carbocycles. The van der Waals surface area contributed by atoms with Crippen LogP contribution in [0.15, 0.2) is 35.3 Å². The van der Waals surface area contributed by atoms with E-state index in [9.17, 15) is 0 Å². The van der Waals surface area contributed by atoms with Gasteiger partial charge in [-0.2, -0.15) is 0 Å². The summed E-state index contributed by atoms with van der Waals surface area (Å²) in [6.45, 7) is 10.5. The number of aliphatic imine (C=N–C) groups is 1. The zero-order chi connectivity index (χ0) is 16.2. The van der Waals surface area contributed by atoms with Crippen LogP contribution in [0.25, 0.3) is 0 Å². The standard InChI is InChI=1S/C17H30N4O/c1-4-18-17(19-12-13-22)20-14-16(21(5-2)6-3)15-10-8-7-9-11-15/h7-11,16,22H,4-6,12-14H2,1-3H3,(H2,18,19,20). The fourth-order valence-corrected chi connectivity index (χ4v) is 2.47. The number of aliphatic hydroxyl groups excluding tert-OH is 1. The summed E-state index contributed by atoms with van der Waals surface area (Å²) < 4.78 is 0. The first-order chi connectivity index (χ1) is 10.8. The Hall–Kier alpha value is -1.59. The second-order valence-corrected chi connectivity index (χ2v) is 5.02. The summed E-state index contributed by atoms with van der Waals surface area (Å²) in [5.41, 5.74) is 1.29. The van der Waals surface area contributed by atoms with E-state index in [1.165, 1.54) is 5.56 Å². The molecule has 0 radical (unpaired) electrons. The number of likely N-dealkylation sites (N-methyl/N-ethyl adjacent to an activating group) is 1. The summed E-state index contributed by atoms with van der Waals surface area (Å²) >= 11 is 0. The summed E-state index contributed by atoms with van der Waals surface area (Å²) in [5, 5.41) is 15.3. The Kier molecular flexibility index (Phi) is 9.26. The van der Waals surface area contributed by atoms with Crippen molar-refractivity contribution in [2.45, 2.75) is 26.8 Å². The number of nitrogens with one attached hydrogen (secondary N) is 2. The zero-order valence-corrected chi connectivity index (χ0v) is 14.0. The average molecular weight is 306 g/mol. The van der Waals surface area contributed by atoms with Crippen LogP contribution in [0.5, 0.6) is 0 Å². The molecule has 1 unspecified atom stereocenters. The third kappa shape index (κ3) is 6.03. The Morgan fingerprint density at radius 3 is 2.36 bits per heavy atom. The number of hydrogen-bond donors (Lipinski definition) is 3. The molecule has 1 aromatic carbocycles. The number of rotatable bonds is 9. The quantitative estimate of drug-likeness (QED) is 0.479. The van der Waals surface area contributed by atoms with Gasteiger partial charge >= 0.3 is 0 Å². The molecular weight excluding hydrogens is 276 g/mol. The zero-order valence-electron chi connectivity index (χ0n) is 14.0. The Bertz CT molecular complexity index is 418. The first-order valence-corrected chi connectivity index (χ1v) is 8.18. The minimum Gasteiger partial charge on any atom is -0.395 e. The predicted octanol–water partition coefficient (Wildman–Crippen LogP) is 1.62. The maximum Gasteiger partial charge on any atom is 0.191 e. The van der Waals surface area contributed by atoms with Gasteiger partial charge in [0.15, 0.2) is 5.96 Å². The van der Waals surface area contributed by atoms with Crippen molar-refractivity contribution in [3.63, 3.8) is 0 Å². The molecule has 1 rings (SSSR count). The van der Waals surface area contributed by atoms with Crippen molar-refractivity contribution in [1.82, 2.24) is 15.5 Å². The van der Waals surface area contributed by atoms with Crippen molar-refractivity contribution in [2.24, 2.45) is 4.99 Å². The third-order valence-electron chi connectivity index (χ3n) is 3.61.